The highest BCUT2D eigenvalue weighted by molar-refractivity contribution is 5.76. The van der Waals surface area contributed by atoms with Crippen LogP contribution in [0.25, 0.3) is 5.57 Å². The summed E-state index contributed by atoms with van der Waals surface area (Å²) >= 11 is 0. The van der Waals surface area contributed by atoms with Crippen molar-refractivity contribution in [2.24, 2.45) is 0 Å². The van der Waals surface area contributed by atoms with E-state index >= 15 is 0 Å². The molecule has 0 saturated carbocycles. The van der Waals surface area contributed by atoms with Gasteiger partial charge in [0.1, 0.15) is 5.76 Å². The van der Waals surface area contributed by atoms with Crippen molar-refractivity contribution in [1.29, 1.82) is 0 Å². The molecule has 0 fully saturated rings. The fraction of sp³-hybridized carbons (Fsp3) is 0.200. The first-order valence-electron chi connectivity index (χ1n) is 5.43. The Morgan fingerprint density at radius 1 is 1.25 bits per heavy atom. The Balaban J connectivity index is 2.97. The van der Waals surface area contributed by atoms with Gasteiger partial charge in [-0.1, -0.05) is 56.5 Å². The maximum atomic E-state index is 5.46. The molecule has 1 aromatic carbocycles. The fourth-order valence-electron chi connectivity index (χ4n) is 1.48. The number of hydrogen-bond acceptors (Lipinski definition) is 1. The third-order valence-corrected chi connectivity index (χ3v) is 2.09. The summed E-state index contributed by atoms with van der Waals surface area (Å²) in [5.74, 6) is 1.31. The van der Waals surface area contributed by atoms with Gasteiger partial charge in [-0.25, -0.2) is 0 Å². The molecule has 0 aliphatic rings. The molecule has 1 nitrogen and oxygen atoms in total. The molecule has 0 aliphatic carbocycles. The molecule has 0 bridgehead atoms. The zero-order valence-corrected chi connectivity index (χ0v) is 9.99. The van der Waals surface area contributed by atoms with E-state index in [1.807, 2.05) is 25.1 Å². The van der Waals surface area contributed by atoms with Crippen molar-refractivity contribution >= 4 is 5.57 Å². The first-order chi connectivity index (χ1) is 7.65. The number of benzene rings is 1. The van der Waals surface area contributed by atoms with Gasteiger partial charge in [-0.05, 0) is 18.9 Å². The first-order valence-corrected chi connectivity index (χ1v) is 5.43. The Morgan fingerprint density at radius 3 is 2.38 bits per heavy atom. The van der Waals surface area contributed by atoms with Crippen molar-refractivity contribution in [3.8, 4) is 0 Å². The minimum atomic E-state index is 0.653. The molecule has 0 radical (unpaired) electrons. The highest BCUT2D eigenvalue weighted by Gasteiger charge is 2.06. The standard InChI is InChI=1S/C15H18O/c1-5-9-15(13(4)16-12(2)3)14-10-7-6-8-11-14/h6-11H,2,4-5H2,1,3H3/b15-9+. The monoisotopic (exact) mass is 214 g/mol. The summed E-state index contributed by atoms with van der Waals surface area (Å²) in [7, 11) is 0. The lowest BCUT2D eigenvalue weighted by molar-refractivity contribution is 0.330. The van der Waals surface area contributed by atoms with Crippen LogP contribution in [0.2, 0.25) is 0 Å². The SMILES string of the molecule is C=C(C)OC(=C)/C(=C\CC)c1ccccc1. The highest BCUT2D eigenvalue weighted by atomic mass is 16.5. The Bertz CT molecular complexity index is 399. The molecule has 0 spiro atoms. The maximum absolute atomic E-state index is 5.46. The summed E-state index contributed by atoms with van der Waals surface area (Å²) < 4.78 is 5.46. The lowest BCUT2D eigenvalue weighted by Crippen LogP contribution is -1.93. The lowest BCUT2D eigenvalue weighted by Gasteiger charge is -2.12. The second-order valence-electron chi connectivity index (χ2n) is 3.62. The average Bonchev–Trinajstić information content (AvgIpc) is 2.26. The fourth-order valence-corrected chi connectivity index (χ4v) is 1.48. The summed E-state index contributed by atoms with van der Waals surface area (Å²) in [6.07, 6.45) is 3.06. The van der Waals surface area contributed by atoms with Crippen LogP contribution in [0.15, 0.2) is 61.1 Å². The van der Waals surface area contributed by atoms with Gasteiger partial charge < -0.3 is 4.74 Å². The third-order valence-electron chi connectivity index (χ3n) is 2.09. The van der Waals surface area contributed by atoms with E-state index in [4.69, 9.17) is 4.74 Å². The zero-order valence-electron chi connectivity index (χ0n) is 9.99. The minimum absolute atomic E-state index is 0.653. The molecule has 16 heavy (non-hydrogen) atoms. The molecule has 0 atom stereocenters. The number of rotatable bonds is 5. The molecule has 0 amide bonds. The van der Waals surface area contributed by atoms with Crippen LogP contribution in [0.5, 0.6) is 0 Å². The third kappa shape index (κ3) is 3.43. The second kappa shape index (κ2) is 5.96. The number of hydrogen-bond donors (Lipinski definition) is 0. The summed E-state index contributed by atoms with van der Waals surface area (Å²) in [4.78, 5) is 0. The molecule has 0 heterocycles. The zero-order chi connectivity index (χ0) is 12.0. The smallest absolute Gasteiger partial charge is 0.127 e. The van der Waals surface area contributed by atoms with Crippen LogP contribution in [0.1, 0.15) is 25.8 Å². The second-order valence-corrected chi connectivity index (χ2v) is 3.62. The molecule has 1 heteroatoms. The first kappa shape index (κ1) is 12.3. The van der Waals surface area contributed by atoms with Gasteiger partial charge in [-0.3, -0.25) is 0 Å². The molecular weight excluding hydrogens is 196 g/mol. The van der Waals surface area contributed by atoms with Crippen LogP contribution < -0.4 is 0 Å². The maximum Gasteiger partial charge on any atom is 0.127 e. The molecule has 1 rings (SSSR count). The Morgan fingerprint density at radius 2 is 1.88 bits per heavy atom. The molecule has 1 aromatic rings. The van der Waals surface area contributed by atoms with Crippen LogP contribution in [-0.4, -0.2) is 0 Å². The molecule has 0 aliphatic heterocycles. The van der Waals surface area contributed by atoms with Gasteiger partial charge in [-0.15, -0.1) is 0 Å². The van der Waals surface area contributed by atoms with Gasteiger partial charge >= 0.3 is 0 Å². The number of ether oxygens (including phenoxy) is 1. The molecular formula is C15H18O. The van der Waals surface area contributed by atoms with Gasteiger partial charge in [0.05, 0.1) is 5.76 Å². The Labute approximate surface area is 97.8 Å². The van der Waals surface area contributed by atoms with Crippen LogP contribution in [0.3, 0.4) is 0 Å². The van der Waals surface area contributed by atoms with Gasteiger partial charge in [-0.2, -0.15) is 0 Å². The van der Waals surface area contributed by atoms with Crippen molar-refractivity contribution in [3.63, 3.8) is 0 Å². The van der Waals surface area contributed by atoms with Gasteiger partial charge in [0.2, 0.25) is 0 Å². The van der Waals surface area contributed by atoms with E-state index in [0.29, 0.717) is 11.5 Å². The van der Waals surface area contributed by atoms with Crippen molar-refractivity contribution in [2.45, 2.75) is 20.3 Å². The molecule has 0 aromatic heterocycles. The van der Waals surface area contributed by atoms with Crippen LogP contribution in [0.4, 0.5) is 0 Å². The summed E-state index contributed by atoms with van der Waals surface area (Å²) in [5.41, 5.74) is 2.15. The van der Waals surface area contributed by atoms with E-state index in [9.17, 15) is 0 Å². The van der Waals surface area contributed by atoms with E-state index in [0.717, 1.165) is 17.6 Å². The largest absolute Gasteiger partial charge is 0.463 e. The van der Waals surface area contributed by atoms with E-state index in [1.54, 1.807) is 0 Å². The van der Waals surface area contributed by atoms with Crippen molar-refractivity contribution < 1.29 is 4.74 Å². The topological polar surface area (TPSA) is 9.23 Å². The predicted molar refractivity (Wildman–Crippen MR) is 69.7 cm³/mol. The summed E-state index contributed by atoms with van der Waals surface area (Å²) in [6, 6.07) is 10.1. The van der Waals surface area contributed by atoms with E-state index < -0.39 is 0 Å². The predicted octanol–water partition coefficient (Wildman–Crippen LogP) is 4.54. The molecule has 0 saturated heterocycles. The Hall–Kier alpha value is -1.76. The van der Waals surface area contributed by atoms with E-state index in [-0.39, 0.29) is 0 Å². The van der Waals surface area contributed by atoms with E-state index in [2.05, 4.69) is 38.3 Å². The average molecular weight is 214 g/mol. The van der Waals surface area contributed by atoms with Crippen LogP contribution in [-0.2, 0) is 4.74 Å². The van der Waals surface area contributed by atoms with Gasteiger partial charge in [0.25, 0.3) is 0 Å². The van der Waals surface area contributed by atoms with Crippen LogP contribution >= 0.6 is 0 Å². The summed E-state index contributed by atoms with van der Waals surface area (Å²) in [5, 5.41) is 0. The normalized spacial score (nSPS) is 11.0. The van der Waals surface area contributed by atoms with Crippen molar-refractivity contribution in [2.75, 3.05) is 0 Å². The minimum Gasteiger partial charge on any atom is -0.463 e. The molecule has 0 N–H and O–H groups in total. The lowest BCUT2D eigenvalue weighted by atomic mass is 10.0. The Kier molecular flexibility index (Phi) is 4.59. The van der Waals surface area contributed by atoms with E-state index in [1.165, 1.54) is 0 Å². The number of allylic oxidation sites excluding steroid dienone is 3. The summed E-state index contributed by atoms with van der Waals surface area (Å²) in [6.45, 7) is 11.6. The van der Waals surface area contributed by atoms with Crippen molar-refractivity contribution in [3.05, 3.63) is 66.6 Å². The van der Waals surface area contributed by atoms with Gasteiger partial charge in [0.15, 0.2) is 0 Å². The quantitative estimate of drug-likeness (QED) is 0.516. The van der Waals surface area contributed by atoms with Crippen LogP contribution in [0, 0.1) is 0 Å². The molecule has 0 unspecified atom stereocenters. The highest BCUT2D eigenvalue weighted by Crippen LogP contribution is 2.24. The van der Waals surface area contributed by atoms with Gasteiger partial charge in [0, 0.05) is 5.57 Å². The van der Waals surface area contributed by atoms with Crippen molar-refractivity contribution in [1.82, 2.24) is 0 Å². The molecule has 84 valence electrons.